The van der Waals surface area contributed by atoms with Crippen molar-refractivity contribution in [3.63, 3.8) is 0 Å². The van der Waals surface area contributed by atoms with Crippen LogP contribution in [0.15, 0.2) is 0 Å². The van der Waals surface area contributed by atoms with Crippen molar-refractivity contribution in [3.8, 4) is 0 Å². The molecule has 98 valence electrons. The van der Waals surface area contributed by atoms with Crippen LogP contribution in [0.5, 0.6) is 0 Å². The summed E-state index contributed by atoms with van der Waals surface area (Å²) in [4.78, 5) is 15.5. The molecule has 2 heterocycles. The topological polar surface area (TPSA) is 53.0 Å². The van der Waals surface area contributed by atoms with Gasteiger partial charge in [0, 0.05) is 32.7 Å². The lowest BCUT2D eigenvalue weighted by atomic mass is 9.99. The van der Waals surface area contributed by atoms with Gasteiger partial charge in [-0.25, -0.2) is 0 Å². The van der Waals surface area contributed by atoms with Gasteiger partial charge >= 0.3 is 5.97 Å². The van der Waals surface area contributed by atoms with Crippen LogP contribution in [-0.2, 0) is 9.53 Å². The highest BCUT2D eigenvalue weighted by molar-refractivity contribution is 5.71. The maximum Gasteiger partial charge on any atom is 0.308 e. The molecule has 0 aromatic heterocycles. The van der Waals surface area contributed by atoms with Gasteiger partial charge < -0.3 is 14.7 Å². The zero-order valence-corrected chi connectivity index (χ0v) is 10.6. The molecule has 0 aromatic carbocycles. The number of ether oxygens (including phenoxy) is 1. The number of morpholine rings is 1. The average molecular weight is 242 g/mol. The summed E-state index contributed by atoms with van der Waals surface area (Å²) in [5.41, 5.74) is 0. The fourth-order valence-electron chi connectivity index (χ4n) is 2.80. The summed E-state index contributed by atoms with van der Waals surface area (Å²) in [5.74, 6) is -0.633. The molecular formula is C12H22N2O3. The third kappa shape index (κ3) is 3.18. The standard InChI is InChI=1S/C12H22N2O3/c1-9-5-14(8-11(9)12(15)16)7-10-6-13(2)3-4-17-10/h9-11H,3-8H2,1-2H3,(H,15,16)/t9-,10?,11-/m1/s1. The number of rotatable bonds is 3. The minimum Gasteiger partial charge on any atom is -0.481 e. The predicted octanol–water partition coefficient (Wildman–Crippen LogP) is -0.0305. The number of aliphatic carboxylic acids is 1. The van der Waals surface area contributed by atoms with Crippen molar-refractivity contribution in [2.24, 2.45) is 11.8 Å². The highest BCUT2D eigenvalue weighted by Gasteiger charge is 2.35. The highest BCUT2D eigenvalue weighted by Crippen LogP contribution is 2.23. The van der Waals surface area contributed by atoms with Crippen LogP contribution in [0.1, 0.15) is 6.92 Å². The molecule has 0 amide bonds. The third-order valence-corrected chi connectivity index (χ3v) is 3.81. The minimum absolute atomic E-state index is 0.212. The van der Waals surface area contributed by atoms with E-state index in [4.69, 9.17) is 9.84 Å². The molecular weight excluding hydrogens is 220 g/mol. The van der Waals surface area contributed by atoms with Gasteiger partial charge in [-0.3, -0.25) is 9.69 Å². The van der Waals surface area contributed by atoms with Crippen molar-refractivity contribution in [1.29, 1.82) is 0 Å². The minimum atomic E-state index is -0.665. The molecule has 2 fully saturated rings. The lowest BCUT2D eigenvalue weighted by Gasteiger charge is -2.32. The second-order valence-corrected chi connectivity index (χ2v) is 5.40. The highest BCUT2D eigenvalue weighted by atomic mass is 16.5. The summed E-state index contributed by atoms with van der Waals surface area (Å²) in [6.45, 7) is 7.14. The molecule has 17 heavy (non-hydrogen) atoms. The van der Waals surface area contributed by atoms with Gasteiger partial charge in [0.05, 0.1) is 18.6 Å². The Labute approximate surface area is 102 Å². The van der Waals surface area contributed by atoms with Crippen molar-refractivity contribution >= 4 is 5.97 Å². The quantitative estimate of drug-likeness (QED) is 0.753. The van der Waals surface area contributed by atoms with Crippen molar-refractivity contribution < 1.29 is 14.6 Å². The molecule has 0 aliphatic carbocycles. The molecule has 1 N–H and O–H groups in total. The SMILES string of the molecule is C[C@@H]1CN(CC2CN(C)CCO2)C[C@H]1C(=O)O. The van der Waals surface area contributed by atoms with Crippen molar-refractivity contribution in [2.45, 2.75) is 13.0 Å². The van der Waals surface area contributed by atoms with Crippen LogP contribution in [0.4, 0.5) is 0 Å². The summed E-state index contributed by atoms with van der Waals surface area (Å²) in [7, 11) is 2.10. The normalized spacial score (nSPS) is 36.2. The number of nitrogens with zero attached hydrogens (tertiary/aromatic N) is 2. The van der Waals surface area contributed by atoms with E-state index in [-0.39, 0.29) is 17.9 Å². The lowest BCUT2D eigenvalue weighted by Crippen LogP contribution is -2.45. The van der Waals surface area contributed by atoms with Crippen LogP contribution in [0.25, 0.3) is 0 Å². The molecule has 5 heteroatoms. The van der Waals surface area contributed by atoms with E-state index < -0.39 is 5.97 Å². The molecule has 1 unspecified atom stereocenters. The number of carbonyl (C=O) groups is 1. The number of hydrogen-bond donors (Lipinski definition) is 1. The first-order valence-electron chi connectivity index (χ1n) is 6.31. The first-order valence-corrected chi connectivity index (χ1v) is 6.31. The molecule has 0 aromatic rings. The molecule has 2 saturated heterocycles. The zero-order valence-electron chi connectivity index (χ0n) is 10.6. The van der Waals surface area contributed by atoms with E-state index >= 15 is 0 Å². The van der Waals surface area contributed by atoms with Crippen LogP contribution in [0, 0.1) is 11.8 Å². The van der Waals surface area contributed by atoms with Gasteiger partial charge in [0.25, 0.3) is 0 Å². The van der Waals surface area contributed by atoms with Crippen LogP contribution in [0.2, 0.25) is 0 Å². The van der Waals surface area contributed by atoms with Crippen molar-refractivity contribution in [3.05, 3.63) is 0 Å². The van der Waals surface area contributed by atoms with Crippen molar-refractivity contribution in [1.82, 2.24) is 9.80 Å². The van der Waals surface area contributed by atoms with E-state index in [9.17, 15) is 4.79 Å². The van der Waals surface area contributed by atoms with E-state index in [0.29, 0.717) is 6.54 Å². The molecule has 2 aliphatic heterocycles. The van der Waals surface area contributed by atoms with E-state index in [0.717, 1.165) is 32.8 Å². The van der Waals surface area contributed by atoms with E-state index in [1.165, 1.54) is 0 Å². The Balaban J connectivity index is 1.82. The third-order valence-electron chi connectivity index (χ3n) is 3.81. The number of carboxylic acid groups (broad SMARTS) is 1. The van der Waals surface area contributed by atoms with Gasteiger partial charge in [0.15, 0.2) is 0 Å². The van der Waals surface area contributed by atoms with Crippen LogP contribution in [-0.4, -0.2) is 73.4 Å². The van der Waals surface area contributed by atoms with Gasteiger partial charge in [-0.1, -0.05) is 6.92 Å². The van der Waals surface area contributed by atoms with Crippen LogP contribution < -0.4 is 0 Å². The predicted molar refractivity (Wildman–Crippen MR) is 64.0 cm³/mol. The number of likely N-dealkylation sites (tertiary alicyclic amines) is 1. The molecule has 2 rings (SSSR count). The van der Waals surface area contributed by atoms with E-state index in [1.54, 1.807) is 0 Å². The van der Waals surface area contributed by atoms with Gasteiger partial charge in [0.1, 0.15) is 0 Å². The molecule has 0 bridgehead atoms. The second-order valence-electron chi connectivity index (χ2n) is 5.40. The fourth-order valence-corrected chi connectivity index (χ4v) is 2.80. The van der Waals surface area contributed by atoms with Crippen LogP contribution in [0.3, 0.4) is 0 Å². The Morgan fingerprint density at radius 3 is 2.76 bits per heavy atom. The number of likely N-dealkylation sites (N-methyl/N-ethyl adjacent to an activating group) is 1. The molecule has 0 saturated carbocycles. The summed E-state index contributed by atoms with van der Waals surface area (Å²) >= 11 is 0. The van der Waals surface area contributed by atoms with Gasteiger partial charge in [0.2, 0.25) is 0 Å². The maximum atomic E-state index is 11.0. The number of carboxylic acids is 1. The molecule has 2 aliphatic rings. The average Bonchev–Trinajstić information content (AvgIpc) is 2.59. The maximum absolute atomic E-state index is 11.0. The Morgan fingerprint density at radius 2 is 2.18 bits per heavy atom. The smallest absolute Gasteiger partial charge is 0.308 e. The molecule has 0 radical (unpaired) electrons. The monoisotopic (exact) mass is 242 g/mol. The Morgan fingerprint density at radius 1 is 1.41 bits per heavy atom. The first-order chi connectivity index (χ1) is 8.06. The van der Waals surface area contributed by atoms with Crippen molar-refractivity contribution in [2.75, 3.05) is 46.4 Å². The van der Waals surface area contributed by atoms with E-state index in [2.05, 4.69) is 16.8 Å². The lowest BCUT2D eigenvalue weighted by molar-refractivity contribution is -0.142. The van der Waals surface area contributed by atoms with Gasteiger partial charge in [-0.15, -0.1) is 0 Å². The first kappa shape index (κ1) is 12.8. The summed E-state index contributed by atoms with van der Waals surface area (Å²) in [6, 6.07) is 0. The van der Waals surface area contributed by atoms with Gasteiger partial charge in [-0.05, 0) is 13.0 Å². The Hall–Kier alpha value is -0.650. The number of hydrogen-bond acceptors (Lipinski definition) is 4. The molecule has 5 nitrogen and oxygen atoms in total. The summed E-state index contributed by atoms with van der Waals surface area (Å²) in [5, 5.41) is 9.08. The Kier molecular flexibility index (Phi) is 4.01. The zero-order chi connectivity index (χ0) is 12.4. The van der Waals surface area contributed by atoms with Gasteiger partial charge in [-0.2, -0.15) is 0 Å². The Bertz CT molecular complexity index is 285. The molecule has 3 atom stereocenters. The van der Waals surface area contributed by atoms with Crippen LogP contribution >= 0.6 is 0 Å². The summed E-state index contributed by atoms with van der Waals surface area (Å²) in [6.07, 6.45) is 0.230. The molecule has 0 spiro atoms. The fraction of sp³-hybridized carbons (Fsp3) is 0.917. The largest absolute Gasteiger partial charge is 0.481 e. The summed E-state index contributed by atoms with van der Waals surface area (Å²) < 4.78 is 5.71. The second kappa shape index (κ2) is 5.33. The van der Waals surface area contributed by atoms with E-state index in [1.807, 2.05) is 6.92 Å².